The van der Waals surface area contributed by atoms with Gasteiger partial charge >= 0.3 is 6.09 Å². The van der Waals surface area contributed by atoms with Crippen LogP contribution in [0.25, 0.3) is 0 Å². The van der Waals surface area contributed by atoms with E-state index in [2.05, 4.69) is 28.9 Å². The zero-order valence-corrected chi connectivity index (χ0v) is 14.7. The number of nitrogens with one attached hydrogen (secondary N) is 1. The third-order valence-electron chi connectivity index (χ3n) is 3.75. The zero-order valence-electron chi connectivity index (χ0n) is 14.7. The number of rotatable bonds is 9. The summed E-state index contributed by atoms with van der Waals surface area (Å²) in [5, 5.41) is 2.89. The molecule has 2 rings (SSSR count). The minimum Gasteiger partial charge on any atom is -0.445 e. The molecule has 0 spiro atoms. The maximum absolute atomic E-state index is 12.0. The van der Waals surface area contributed by atoms with E-state index in [-0.39, 0.29) is 12.6 Å². The summed E-state index contributed by atoms with van der Waals surface area (Å²) in [5.74, 6) is 0. The highest BCUT2D eigenvalue weighted by Crippen LogP contribution is 2.06. The Kier molecular flexibility index (Phi) is 7.73. The summed E-state index contributed by atoms with van der Waals surface area (Å²) in [6, 6.07) is 19.9. The van der Waals surface area contributed by atoms with Crippen molar-refractivity contribution in [2.24, 2.45) is 0 Å². The van der Waals surface area contributed by atoms with Gasteiger partial charge in [0.25, 0.3) is 0 Å². The van der Waals surface area contributed by atoms with Crippen molar-refractivity contribution in [3.63, 3.8) is 0 Å². The number of ether oxygens (including phenoxy) is 1. The number of amides is 1. The summed E-state index contributed by atoms with van der Waals surface area (Å²) in [6.07, 6.45) is 1.48. The SMILES string of the molecule is C=CCN(Cc1ccccc1)C[C@H](C)NC(=O)OCc1ccccc1. The summed E-state index contributed by atoms with van der Waals surface area (Å²) < 4.78 is 5.27. The predicted octanol–water partition coefficient (Wildman–Crippen LogP) is 3.99. The van der Waals surface area contributed by atoms with Crippen LogP contribution in [-0.4, -0.2) is 30.1 Å². The Morgan fingerprint density at radius 3 is 2.32 bits per heavy atom. The molecule has 0 bridgehead atoms. The molecule has 0 fully saturated rings. The lowest BCUT2D eigenvalue weighted by molar-refractivity contribution is 0.133. The number of hydrogen-bond donors (Lipinski definition) is 1. The second-order valence-electron chi connectivity index (χ2n) is 6.08. The van der Waals surface area contributed by atoms with Crippen molar-refractivity contribution in [2.45, 2.75) is 26.1 Å². The van der Waals surface area contributed by atoms with E-state index < -0.39 is 6.09 Å². The van der Waals surface area contributed by atoms with Crippen molar-refractivity contribution in [1.29, 1.82) is 0 Å². The van der Waals surface area contributed by atoms with Crippen LogP contribution in [0.15, 0.2) is 73.3 Å². The first-order valence-corrected chi connectivity index (χ1v) is 8.51. The highest BCUT2D eigenvalue weighted by atomic mass is 16.5. The molecule has 2 aromatic rings. The Labute approximate surface area is 150 Å². The van der Waals surface area contributed by atoms with Crippen LogP contribution in [-0.2, 0) is 17.9 Å². The van der Waals surface area contributed by atoms with E-state index in [0.29, 0.717) is 0 Å². The van der Waals surface area contributed by atoms with Crippen LogP contribution >= 0.6 is 0 Å². The molecule has 0 aliphatic heterocycles. The number of carbonyl (C=O) groups excluding carboxylic acids is 1. The minimum absolute atomic E-state index is 0.0214. The lowest BCUT2D eigenvalue weighted by atomic mass is 10.2. The van der Waals surface area contributed by atoms with Crippen molar-refractivity contribution in [3.8, 4) is 0 Å². The normalized spacial score (nSPS) is 11.8. The van der Waals surface area contributed by atoms with Crippen LogP contribution in [0.1, 0.15) is 18.1 Å². The summed E-state index contributed by atoms with van der Waals surface area (Å²) >= 11 is 0. The van der Waals surface area contributed by atoms with Gasteiger partial charge in [-0.25, -0.2) is 4.79 Å². The molecule has 0 heterocycles. The molecule has 0 saturated carbocycles. The van der Waals surface area contributed by atoms with Gasteiger partial charge in [0.05, 0.1) is 0 Å². The Balaban J connectivity index is 1.78. The molecular weight excluding hydrogens is 312 g/mol. The van der Waals surface area contributed by atoms with Crippen LogP contribution in [0, 0.1) is 0 Å². The molecule has 0 unspecified atom stereocenters. The molecule has 4 nitrogen and oxygen atoms in total. The van der Waals surface area contributed by atoms with Gasteiger partial charge in [-0.05, 0) is 18.1 Å². The molecule has 25 heavy (non-hydrogen) atoms. The van der Waals surface area contributed by atoms with Gasteiger partial charge in [-0.2, -0.15) is 0 Å². The lowest BCUT2D eigenvalue weighted by Crippen LogP contribution is -2.42. The Morgan fingerprint density at radius 1 is 1.12 bits per heavy atom. The quantitative estimate of drug-likeness (QED) is 0.703. The second-order valence-corrected chi connectivity index (χ2v) is 6.08. The van der Waals surface area contributed by atoms with Gasteiger partial charge in [0.15, 0.2) is 0 Å². The van der Waals surface area contributed by atoms with Gasteiger partial charge in [0.1, 0.15) is 6.61 Å². The third-order valence-corrected chi connectivity index (χ3v) is 3.75. The average molecular weight is 338 g/mol. The first kappa shape index (κ1) is 18.7. The molecule has 0 aromatic heterocycles. The Morgan fingerprint density at radius 2 is 1.72 bits per heavy atom. The lowest BCUT2D eigenvalue weighted by Gasteiger charge is -2.25. The average Bonchev–Trinajstić information content (AvgIpc) is 2.62. The molecule has 0 saturated heterocycles. The molecule has 132 valence electrons. The monoisotopic (exact) mass is 338 g/mol. The maximum atomic E-state index is 12.0. The molecule has 1 N–H and O–H groups in total. The number of hydrogen-bond acceptors (Lipinski definition) is 3. The van der Waals surface area contributed by atoms with Gasteiger partial charge in [-0.3, -0.25) is 4.90 Å². The van der Waals surface area contributed by atoms with Crippen molar-refractivity contribution in [2.75, 3.05) is 13.1 Å². The Hall–Kier alpha value is -2.59. The molecule has 0 radical (unpaired) electrons. The van der Waals surface area contributed by atoms with E-state index in [9.17, 15) is 4.79 Å². The van der Waals surface area contributed by atoms with Gasteiger partial charge in [0.2, 0.25) is 0 Å². The number of benzene rings is 2. The fraction of sp³-hybridized carbons (Fsp3) is 0.286. The minimum atomic E-state index is -0.394. The van der Waals surface area contributed by atoms with Crippen molar-refractivity contribution in [3.05, 3.63) is 84.4 Å². The molecule has 0 aliphatic rings. The summed E-state index contributed by atoms with van der Waals surface area (Å²) in [5.41, 5.74) is 2.21. The standard InChI is InChI=1S/C21H26N2O2/c1-3-14-23(16-19-10-6-4-7-11-19)15-18(2)22-21(24)25-17-20-12-8-5-9-13-20/h3-13,18H,1,14-17H2,2H3,(H,22,24)/t18-/m0/s1. The topological polar surface area (TPSA) is 41.6 Å². The van der Waals surface area contributed by atoms with Gasteiger partial charge in [-0.1, -0.05) is 66.7 Å². The first-order valence-electron chi connectivity index (χ1n) is 8.51. The summed E-state index contributed by atoms with van der Waals surface area (Å²) in [7, 11) is 0. The van der Waals surface area contributed by atoms with Crippen molar-refractivity contribution >= 4 is 6.09 Å². The maximum Gasteiger partial charge on any atom is 0.407 e. The van der Waals surface area contributed by atoms with Crippen LogP contribution < -0.4 is 5.32 Å². The van der Waals surface area contributed by atoms with E-state index in [0.717, 1.165) is 25.2 Å². The number of carbonyl (C=O) groups is 1. The van der Waals surface area contributed by atoms with Gasteiger partial charge < -0.3 is 10.1 Å². The third kappa shape index (κ3) is 7.23. The molecule has 2 aromatic carbocycles. The highest BCUT2D eigenvalue weighted by molar-refractivity contribution is 5.67. The van der Waals surface area contributed by atoms with Crippen molar-refractivity contribution < 1.29 is 9.53 Å². The molecule has 4 heteroatoms. The summed E-state index contributed by atoms with van der Waals surface area (Å²) in [4.78, 5) is 14.2. The van der Waals surface area contributed by atoms with Crippen molar-refractivity contribution in [1.82, 2.24) is 10.2 Å². The largest absolute Gasteiger partial charge is 0.445 e. The van der Waals surface area contributed by atoms with Gasteiger partial charge in [-0.15, -0.1) is 6.58 Å². The second kappa shape index (κ2) is 10.3. The predicted molar refractivity (Wildman–Crippen MR) is 101 cm³/mol. The molecule has 1 atom stereocenters. The molecule has 0 aliphatic carbocycles. The number of nitrogens with zero attached hydrogens (tertiary/aromatic N) is 1. The smallest absolute Gasteiger partial charge is 0.407 e. The summed E-state index contributed by atoms with van der Waals surface area (Å²) in [6.45, 7) is 8.38. The van der Waals surface area contributed by atoms with E-state index >= 15 is 0 Å². The van der Waals surface area contributed by atoms with E-state index in [1.54, 1.807) is 0 Å². The van der Waals surface area contributed by atoms with Crippen LogP contribution in [0.2, 0.25) is 0 Å². The Bertz CT molecular complexity index is 643. The number of alkyl carbamates (subject to hydrolysis) is 1. The van der Waals surface area contributed by atoms with Gasteiger partial charge in [0, 0.05) is 25.7 Å². The molecule has 1 amide bonds. The van der Waals surface area contributed by atoms with E-state index in [1.165, 1.54) is 5.56 Å². The van der Waals surface area contributed by atoms with Crippen LogP contribution in [0.5, 0.6) is 0 Å². The fourth-order valence-corrected chi connectivity index (χ4v) is 2.63. The highest BCUT2D eigenvalue weighted by Gasteiger charge is 2.13. The zero-order chi connectivity index (χ0) is 17.9. The first-order chi connectivity index (χ1) is 12.2. The fourth-order valence-electron chi connectivity index (χ4n) is 2.63. The molecular formula is C21H26N2O2. The van der Waals surface area contributed by atoms with E-state index in [4.69, 9.17) is 4.74 Å². The van der Waals surface area contributed by atoms with E-state index in [1.807, 2.05) is 61.5 Å². The van der Waals surface area contributed by atoms with Crippen LogP contribution in [0.4, 0.5) is 4.79 Å². The van der Waals surface area contributed by atoms with Crippen LogP contribution in [0.3, 0.4) is 0 Å².